The number of carbonyl (C=O) groups is 2. The summed E-state index contributed by atoms with van der Waals surface area (Å²) in [6.07, 6.45) is 1.09. The molecule has 1 aromatic rings. The van der Waals surface area contributed by atoms with E-state index in [2.05, 4.69) is 21.2 Å². The molecular weight excluding hydrogens is 427 g/mol. The first-order valence-corrected chi connectivity index (χ1v) is 9.64. The molecule has 0 atom stereocenters. The lowest BCUT2D eigenvalue weighted by Crippen LogP contribution is -2.42. The number of ether oxygens (including phenoxy) is 1. The van der Waals surface area contributed by atoms with Crippen LogP contribution in [0.5, 0.6) is 0 Å². The number of benzene rings is 1. The van der Waals surface area contributed by atoms with Crippen molar-refractivity contribution in [1.29, 1.82) is 0 Å². The third-order valence-corrected chi connectivity index (χ3v) is 5.30. The summed E-state index contributed by atoms with van der Waals surface area (Å²) < 4.78 is 19.3. The predicted molar refractivity (Wildman–Crippen MR) is 102 cm³/mol. The van der Waals surface area contributed by atoms with Gasteiger partial charge in [0, 0.05) is 29.7 Å². The van der Waals surface area contributed by atoms with Crippen LogP contribution in [-0.4, -0.2) is 42.1 Å². The van der Waals surface area contributed by atoms with Gasteiger partial charge in [-0.05, 0) is 67.6 Å². The number of alkyl carbamates (subject to hydrolysis) is 1. The predicted octanol–water partition coefficient (Wildman–Crippen LogP) is 4.62. The molecule has 0 radical (unpaired) electrons. The third kappa shape index (κ3) is 5.84. The van der Waals surface area contributed by atoms with Gasteiger partial charge in [-0.3, -0.25) is 4.79 Å². The van der Waals surface area contributed by atoms with Crippen molar-refractivity contribution in [3.63, 3.8) is 0 Å². The number of piperidine rings is 1. The van der Waals surface area contributed by atoms with E-state index in [1.165, 1.54) is 6.07 Å². The largest absolute Gasteiger partial charge is 0.444 e. The van der Waals surface area contributed by atoms with Crippen LogP contribution >= 0.6 is 27.5 Å². The van der Waals surface area contributed by atoms with E-state index in [4.69, 9.17) is 16.3 Å². The average molecular weight is 450 g/mol. The van der Waals surface area contributed by atoms with Gasteiger partial charge in [0.2, 0.25) is 0 Å². The molecule has 0 aromatic heterocycles. The summed E-state index contributed by atoms with van der Waals surface area (Å²) in [6, 6.07) is 2.69. The van der Waals surface area contributed by atoms with Gasteiger partial charge in [-0.15, -0.1) is 0 Å². The fourth-order valence-corrected chi connectivity index (χ4v) is 3.29. The highest BCUT2D eigenvalue weighted by Gasteiger charge is 2.25. The number of nitrogens with zero attached hydrogens (tertiary/aromatic N) is 1. The van der Waals surface area contributed by atoms with Crippen LogP contribution < -0.4 is 5.32 Å². The number of hydrogen-bond donors (Lipinski definition) is 1. The molecule has 144 valence electrons. The topological polar surface area (TPSA) is 58.6 Å². The van der Waals surface area contributed by atoms with Crippen molar-refractivity contribution in [2.45, 2.75) is 39.2 Å². The maximum Gasteiger partial charge on any atom is 0.407 e. The maximum atomic E-state index is 13.7. The van der Waals surface area contributed by atoms with Crippen molar-refractivity contribution in [1.82, 2.24) is 10.2 Å². The van der Waals surface area contributed by atoms with Crippen LogP contribution in [-0.2, 0) is 4.74 Å². The summed E-state index contributed by atoms with van der Waals surface area (Å²) in [5, 5.41) is 2.74. The van der Waals surface area contributed by atoms with Gasteiger partial charge >= 0.3 is 6.09 Å². The summed E-state index contributed by atoms with van der Waals surface area (Å²) in [7, 11) is 0. The molecule has 26 heavy (non-hydrogen) atoms. The highest BCUT2D eigenvalue weighted by molar-refractivity contribution is 9.10. The van der Waals surface area contributed by atoms with Crippen LogP contribution in [0.25, 0.3) is 0 Å². The van der Waals surface area contributed by atoms with Crippen molar-refractivity contribution in [3.05, 3.63) is 33.0 Å². The molecule has 0 unspecified atom stereocenters. The Balaban J connectivity index is 1.84. The van der Waals surface area contributed by atoms with E-state index in [9.17, 15) is 14.0 Å². The average Bonchev–Trinajstić information content (AvgIpc) is 2.55. The molecule has 0 bridgehead atoms. The van der Waals surface area contributed by atoms with Crippen LogP contribution in [0, 0.1) is 11.7 Å². The van der Waals surface area contributed by atoms with E-state index in [0.29, 0.717) is 24.1 Å². The first-order valence-electron chi connectivity index (χ1n) is 8.47. The number of nitrogens with one attached hydrogen (secondary N) is 1. The summed E-state index contributed by atoms with van der Waals surface area (Å²) >= 11 is 8.93. The fourth-order valence-electron chi connectivity index (χ4n) is 2.74. The van der Waals surface area contributed by atoms with Gasteiger partial charge in [0.15, 0.2) is 0 Å². The Morgan fingerprint density at radius 2 is 1.96 bits per heavy atom. The summed E-state index contributed by atoms with van der Waals surface area (Å²) in [4.78, 5) is 25.9. The Morgan fingerprint density at radius 3 is 2.50 bits per heavy atom. The first kappa shape index (κ1) is 21.0. The molecule has 0 saturated carbocycles. The second kappa shape index (κ2) is 8.57. The van der Waals surface area contributed by atoms with E-state index in [0.717, 1.165) is 18.9 Å². The van der Waals surface area contributed by atoms with Gasteiger partial charge in [-0.1, -0.05) is 11.6 Å². The summed E-state index contributed by atoms with van der Waals surface area (Å²) in [5.74, 6) is -0.569. The summed E-state index contributed by atoms with van der Waals surface area (Å²) in [6.45, 7) is 7.07. The zero-order valence-electron chi connectivity index (χ0n) is 15.1. The highest BCUT2D eigenvalue weighted by atomic mass is 79.9. The second-order valence-electron chi connectivity index (χ2n) is 7.37. The zero-order chi connectivity index (χ0) is 19.5. The van der Waals surface area contributed by atoms with E-state index in [-0.39, 0.29) is 22.4 Å². The van der Waals surface area contributed by atoms with Crippen molar-refractivity contribution in [3.8, 4) is 0 Å². The monoisotopic (exact) mass is 448 g/mol. The minimum Gasteiger partial charge on any atom is -0.444 e. The summed E-state index contributed by atoms with van der Waals surface area (Å²) in [5.41, 5.74) is -0.258. The molecule has 1 fully saturated rings. The number of hydrogen-bond acceptors (Lipinski definition) is 3. The number of carbonyl (C=O) groups excluding carboxylic acids is 2. The van der Waals surface area contributed by atoms with Crippen molar-refractivity contribution >= 4 is 39.5 Å². The molecule has 0 spiro atoms. The normalized spacial score (nSPS) is 15.7. The Kier molecular flexibility index (Phi) is 6.91. The van der Waals surface area contributed by atoms with Crippen molar-refractivity contribution in [2.24, 2.45) is 5.92 Å². The lowest BCUT2D eigenvalue weighted by atomic mass is 9.96. The molecule has 8 heteroatoms. The number of halogens is 3. The zero-order valence-corrected chi connectivity index (χ0v) is 17.4. The fraction of sp³-hybridized carbons (Fsp3) is 0.556. The van der Waals surface area contributed by atoms with Crippen LogP contribution in [0.2, 0.25) is 5.02 Å². The highest BCUT2D eigenvalue weighted by Crippen LogP contribution is 2.28. The molecule has 1 aromatic carbocycles. The van der Waals surface area contributed by atoms with E-state index >= 15 is 0 Å². The van der Waals surface area contributed by atoms with Gasteiger partial charge in [0.05, 0.1) is 5.02 Å². The molecule has 0 aliphatic carbocycles. The van der Waals surface area contributed by atoms with Gasteiger partial charge in [0.25, 0.3) is 5.91 Å². The first-order chi connectivity index (χ1) is 12.1. The Hall–Kier alpha value is -1.34. The van der Waals surface area contributed by atoms with Crippen LogP contribution in [0.4, 0.5) is 9.18 Å². The van der Waals surface area contributed by atoms with Crippen molar-refractivity contribution in [2.75, 3.05) is 19.6 Å². The Labute approximate surface area is 166 Å². The van der Waals surface area contributed by atoms with Crippen molar-refractivity contribution < 1.29 is 18.7 Å². The molecular formula is C18H23BrClFN2O3. The molecule has 1 aliphatic rings. The molecule has 5 nitrogen and oxygen atoms in total. The quantitative estimate of drug-likeness (QED) is 0.685. The molecule has 1 saturated heterocycles. The van der Waals surface area contributed by atoms with E-state index in [1.54, 1.807) is 4.90 Å². The van der Waals surface area contributed by atoms with Gasteiger partial charge in [-0.25, -0.2) is 9.18 Å². The van der Waals surface area contributed by atoms with Crippen LogP contribution in [0.15, 0.2) is 16.6 Å². The van der Waals surface area contributed by atoms with Gasteiger partial charge < -0.3 is 15.0 Å². The standard InChI is InChI=1S/C18H23BrClFN2O3/c1-18(2,3)26-17(25)22-10-11-4-6-23(7-5-11)16(24)12-8-13(19)15(20)14(21)9-12/h8-9,11H,4-7,10H2,1-3H3,(H,22,25). The maximum absolute atomic E-state index is 13.7. The molecule has 2 rings (SSSR count). The molecule has 1 aliphatic heterocycles. The van der Waals surface area contributed by atoms with E-state index in [1.807, 2.05) is 20.8 Å². The molecule has 1 N–H and O–H groups in total. The lowest BCUT2D eigenvalue weighted by molar-refractivity contribution is 0.0500. The van der Waals surface area contributed by atoms with Crippen LogP contribution in [0.3, 0.4) is 0 Å². The second-order valence-corrected chi connectivity index (χ2v) is 8.60. The Morgan fingerprint density at radius 1 is 1.35 bits per heavy atom. The minimum absolute atomic E-state index is 0.0338. The molecule has 1 heterocycles. The number of rotatable bonds is 3. The van der Waals surface area contributed by atoms with E-state index < -0.39 is 17.5 Å². The number of amides is 2. The molecule has 2 amide bonds. The number of likely N-dealkylation sites (tertiary alicyclic amines) is 1. The smallest absolute Gasteiger partial charge is 0.407 e. The lowest BCUT2D eigenvalue weighted by Gasteiger charge is -2.32. The SMILES string of the molecule is CC(C)(C)OC(=O)NCC1CCN(C(=O)c2cc(F)c(Cl)c(Br)c2)CC1. The third-order valence-electron chi connectivity index (χ3n) is 4.07. The van der Waals surface area contributed by atoms with Gasteiger partial charge in [-0.2, -0.15) is 0 Å². The minimum atomic E-state index is -0.624. The van der Waals surface area contributed by atoms with Crippen LogP contribution in [0.1, 0.15) is 44.0 Å². The van der Waals surface area contributed by atoms with Gasteiger partial charge in [0.1, 0.15) is 11.4 Å². The Bertz CT molecular complexity index is 662.